The van der Waals surface area contributed by atoms with Crippen LogP contribution >= 0.6 is 11.6 Å². The van der Waals surface area contributed by atoms with Crippen LogP contribution in [0, 0.1) is 11.3 Å². The van der Waals surface area contributed by atoms with E-state index in [1.807, 2.05) is 0 Å². The van der Waals surface area contributed by atoms with Gasteiger partial charge in [-0.3, -0.25) is 5.43 Å². The van der Waals surface area contributed by atoms with E-state index in [0.29, 0.717) is 57.0 Å². The number of methoxy groups -OCH3 is 2. The standard InChI is InChI=1S/C33H34ClN5O8/c1-5-45-26-14-23(30-29(32(41)44-4)19(2)37-33(42)38-30)10-11-25(26)46-18-28(40)39-36-16-22-12-24(34)31(27(13-22)43-3)47-17-21-8-6-20(15-35)7-9-21/h6-14,16,28,30,39-40H,5,17-18H2,1-4H3,(H2,37,38,42)/b36-16+/t28-,30+/m1/s1. The second kappa shape index (κ2) is 16.2. The molecule has 4 rings (SSSR count). The Labute approximate surface area is 276 Å². The number of aliphatic hydroxyl groups is 1. The average Bonchev–Trinajstić information content (AvgIpc) is 3.06. The molecule has 2 amide bonds. The maximum Gasteiger partial charge on any atom is 0.337 e. The summed E-state index contributed by atoms with van der Waals surface area (Å²) in [6, 6.07) is 16.1. The summed E-state index contributed by atoms with van der Waals surface area (Å²) < 4.78 is 27.8. The van der Waals surface area contributed by atoms with Gasteiger partial charge in [0.1, 0.15) is 13.2 Å². The molecule has 14 heteroatoms. The number of hydrogen-bond donors (Lipinski definition) is 4. The number of nitrogens with one attached hydrogen (secondary N) is 3. The van der Waals surface area contributed by atoms with Crippen molar-refractivity contribution in [1.82, 2.24) is 16.1 Å². The highest BCUT2D eigenvalue weighted by molar-refractivity contribution is 6.32. The molecule has 0 unspecified atom stereocenters. The number of ether oxygens (including phenoxy) is 5. The number of hydrogen-bond acceptors (Lipinski definition) is 11. The first-order valence-corrected chi connectivity index (χ1v) is 14.8. The number of carbonyl (C=O) groups excluding carboxylic acids is 2. The van der Waals surface area contributed by atoms with E-state index in [2.05, 4.69) is 27.2 Å². The summed E-state index contributed by atoms with van der Waals surface area (Å²) in [7, 11) is 2.75. The van der Waals surface area contributed by atoms with Crippen LogP contribution < -0.4 is 35.0 Å². The summed E-state index contributed by atoms with van der Waals surface area (Å²) in [5.74, 6) is 0.825. The van der Waals surface area contributed by atoms with E-state index in [9.17, 15) is 14.7 Å². The van der Waals surface area contributed by atoms with Gasteiger partial charge in [0.05, 0.1) is 55.3 Å². The molecular formula is C33H34ClN5O8. The fraction of sp³-hybridized carbons (Fsp3) is 0.273. The molecule has 2 atom stereocenters. The van der Waals surface area contributed by atoms with Crippen molar-refractivity contribution >= 4 is 29.8 Å². The Balaban J connectivity index is 1.38. The first-order valence-electron chi connectivity index (χ1n) is 14.4. The molecule has 0 spiro atoms. The first kappa shape index (κ1) is 34.4. The minimum Gasteiger partial charge on any atom is -0.493 e. The normalized spacial score (nSPS) is 14.8. The molecule has 0 aliphatic carbocycles. The fourth-order valence-electron chi connectivity index (χ4n) is 4.61. The lowest BCUT2D eigenvalue weighted by Gasteiger charge is -2.28. The van der Waals surface area contributed by atoms with Crippen molar-refractivity contribution in [1.29, 1.82) is 5.26 Å². The minimum absolute atomic E-state index is 0.195. The average molecular weight is 664 g/mol. The molecule has 0 saturated carbocycles. The Bertz CT molecular complexity index is 1700. The number of urea groups is 1. The number of hydrazone groups is 1. The fourth-order valence-corrected chi connectivity index (χ4v) is 4.88. The van der Waals surface area contributed by atoms with E-state index in [1.165, 1.54) is 20.4 Å². The molecule has 13 nitrogen and oxygen atoms in total. The summed E-state index contributed by atoms with van der Waals surface area (Å²) in [6.07, 6.45) is 0.248. The van der Waals surface area contributed by atoms with Crippen molar-refractivity contribution in [3.05, 3.63) is 93.1 Å². The van der Waals surface area contributed by atoms with Crippen LogP contribution in [0.5, 0.6) is 23.0 Å². The second-order valence-corrected chi connectivity index (χ2v) is 10.5. The van der Waals surface area contributed by atoms with E-state index < -0.39 is 24.3 Å². The minimum atomic E-state index is -1.20. The second-order valence-electron chi connectivity index (χ2n) is 10.0. The van der Waals surface area contributed by atoms with E-state index >= 15 is 0 Å². The lowest BCUT2D eigenvalue weighted by molar-refractivity contribution is -0.136. The summed E-state index contributed by atoms with van der Waals surface area (Å²) in [5.41, 5.74) is 5.77. The molecule has 0 aromatic heterocycles. The number of nitrogens with zero attached hydrogens (tertiary/aromatic N) is 2. The molecule has 1 heterocycles. The highest BCUT2D eigenvalue weighted by atomic mass is 35.5. The lowest BCUT2D eigenvalue weighted by Crippen LogP contribution is -2.45. The predicted octanol–water partition coefficient (Wildman–Crippen LogP) is 4.32. The molecule has 0 radical (unpaired) electrons. The van der Waals surface area contributed by atoms with Gasteiger partial charge in [-0.25, -0.2) is 9.59 Å². The van der Waals surface area contributed by atoms with Gasteiger partial charge in [-0.1, -0.05) is 29.8 Å². The van der Waals surface area contributed by atoms with Crippen LogP contribution in [0.25, 0.3) is 0 Å². The molecule has 1 aliphatic heterocycles. The van der Waals surface area contributed by atoms with E-state index in [1.54, 1.807) is 68.4 Å². The largest absolute Gasteiger partial charge is 0.493 e. The maximum atomic E-state index is 12.5. The molecule has 0 fully saturated rings. The number of nitriles is 1. The van der Waals surface area contributed by atoms with Gasteiger partial charge in [-0.05, 0) is 66.9 Å². The SMILES string of the molecule is CCOc1cc([C@@H]2NC(=O)NC(C)=C2C(=O)OC)ccc1OC[C@@H](O)N/N=C/c1cc(Cl)c(OCc2ccc(C#N)cc2)c(OC)c1. The van der Waals surface area contributed by atoms with Gasteiger partial charge in [0.25, 0.3) is 0 Å². The first-order chi connectivity index (χ1) is 22.7. The lowest BCUT2D eigenvalue weighted by atomic mass is 9.95. The van der Waals surface area contributed by atoms with Crippen molar-refractivity contribution in [2.45, 2.75) is 32.7 Å². The summed E-state index contributed by atoms with van der Waals surface area (Å²) in [5, 5.41) is 29.1. The number of halogens is 1. The number of benzene rings is 3. The molecule has 3 aromatic carbocycles. The Kier molecular flexibility index (Phi) is 11.9. The quantitative estimate of drug-likeness (QED) is 0.0842. The van der Waals surface area contributed by atoms with Crippen molar-refractivity contribution < 1.29 is 38.4 Å². The Morgan fingerprint density at radius 2 is 1.87 bits per heavy atom. The van der Waals surface area contributed by atoms with Gasteiger partial charge in [0, 0.05) is 5.70 Å². The number of carbonyl (C=O) groups is 2. The van der Waals surface area contributed by atoms with Gasteiger partial charge < -0.3 is 39.4 Å². The van der Waals surface area contributed by atoms with Gasteiger partial charge in [-0.15, -0.1) is 0 Å². The van der Waals surface area contributed by atoms with E-state index in [-0.39, 0.29) is 18.8 Å². The Morgan fingerprint density at radius 1 is 1.11 bits per heavy atom. The van der Waals surface area contributed by atoms with Gasteiger partial charge in [0.15, 0.2) is 29.2 Å². The molecule has 0 saturated heterocycles. The molecule has 3 aromatic rings. The highest BCUT2D eigenvalue weighted by Gasteiger charge is 2.32. The molecule has 47 heavy (non-hydrogen) atoms. The number of allylic oxidation sites excluding steroid dienone is 1. The van der Waals surface area contributed by atoms with Crippen LogP contribution in [-0.2, 0) is 16.1 Å². The van der Waals surface area contributed by atoms with E-state index in [4.69, 9.17) is 40.5 Å². The zero-order chi connectivity index (χ0) is 33.9. The third kappa shape index (κ3) is 8.84. The third-order valence-corrected chi connectivity index (χ3v) is 7.11. The van der Waals surface area contributed by atoms with Gasteiger partial charge >= 0.3 is 12.0 Å². The van der Waals surface area contributed by atoms with Crippen molar-refractivity contribution in [3.8, 4) is 29.1 Å². The smallest absolute Gasteiger partial charge is 0.337 e. The molecule has 4 N–H and O–H groups in total. The number of esters is 1. The zero-order valence-electron chi connectivity index (χ0n) is 26.1. The maximum absolute atomic E-state index is 12.5. The van der Waals surface area contributed by atoms with Crippen LogP contribution in [0.4, 0.5) is 4.79 Å². The van der Waals surface area contributed by atoms with Crippen LogP contribution in [-0.4, -0.2) is 57.0 Å². The number of aliphatic hydroxyl groups excluding tert-OH is 1. The van der Waals surface area contributed by atoms with Crippen molar-refractivity contribution in [2.75, 3.05) is 27.4 Å². The topological polar surface area (TPSA) is 173 Å². The molecule has 0 bridgehead atoms. The summed E-state index contributed by atoms with van der Waals surface area (Å²) in [6.45, 7) is 3.75. The summed E-state index contributed by atoms with van der Waals surface area (Å²) in [4.78, 5) is 24.6. The number of amides is 2. The zero-order valence-corrected chi connectivity index (χ0v) is 26.9. The summed E-state index contributed by atoms with van der Waals surface area (Å²) >= 11 is 6.47. The molecule has 246 valence electrons. The van der Waals surface area contributed by atoms with Crippen molar-refractivity contribution in [3.63, 3.8) is 0 Å². The van der Waals surface area contributed by atoms with Gasteiger partial charge in [-0.2, -0.15) is 10.4 Å². The monoisotopic (exact) mass is 663 g/mol. The Hall–Kier alpha value is -5.45. The van der Waals surface area contributed by atoms with Crippen LogP contribution in [0.1, 0.15) is 42.1 Å². The van der Waals surface area contributed by atoms with Crippen LogP contribution in [0.3, 0.4) is 0 Å². The van der Waals surface area contributed by atoms with Crippen molar-refractivity contribution in [2.24, 2.45) is 5.10 Å². The number of rotatable bonds is 14. The Morgan fingerprint density at radius 3 is 2.55 bits per heavy atom. The van der Waals surface area contributed by atoms with Crippen LogP contribution in [0.2, 0.25) is 5.02 Å². The third-order valence-electron chi connectivity index (χ3n) is 6.83. The molecule has 1 aliphatic rings. The molecular weight excluding hydrogens is 630 g/mol. The highest BCUT2D eigenvalue weighted by Crippen LogP contribution is 2.37. The van der Waals surface area contributed by atoms with Gasteiger partial charge in [0.2, 0.25) is 0 Å². The predicted molar refractivity (Wildman–Crippen MR) is 172 cm³/mol. The van der Waals surface area contributed by atoms with E-state index in [0.717, 1.165) is 5.56 Å². The van der Waals surface area contributed by atoms with Crippen LogP contribution in [0.15, 0.2) is 71.0 Å².